The fraction of sp³-hybridized carbons (Fsp3) is 0.278. The highest BCUT2D eigenvalue weighted by molar-refractivity contribution is 7.92. The summed E-state index contributed by atoms with van der Waals surface area (Å²) in [6, 6.07) is 13.5. The van der Waals surface area contributed by atoms with E-state index in [1.165, 1.54) is 24.1 Å². The zero-order valence-electron chi connectivity index (χ0n) is 14.1. The van der Waals surface area contributed by atoms with Gasteiger partial charge in [0.05, 0.1) is 12.0 Å². The second-order valence-electron chi connectivity index (χ2n) is 6.05. The number of nitrogens with zero attached hydrogens (tertiary/aromatic N) is 1. The summed E-state index contributed by atoms with van der Waals surface area (Å²) < 4.78 is 30.2. The predicted molar refractivity (Wildman–Crippen MR) is 95.7 cm³/mol. The molecule has 1 aliphatic rings. The minimum atomic E-state index is -3.45. The molecule has 1 N–H and O–H groups in total. The Hall–Kier alpha value is -2.54. The first kappa shape index (κ1) is 17.3. The van der Waals surface area contributed by atoms with E-state index in [1.54, 1.807) is 18.2 Å². The number of carbonyl (C=O) groups excluding carboxylic acids is 1. The van der Waals surface area contributed by atoms with E-state index in [-0.39, 0.29) is 24.0 Å². The topological polar surface area (TPSA) is 75.7 Å². The largest absolute Gasteiger partial charge is 0.497 e. The molecular formula is C18H20N2O4S. The summed E-state index contributed by atoms with van der Waals surface area (Å²) in [7, 11) is -1.92. The smallest absolute Gasteiger partial charge is 0.321 e. The van der Waals surface area contributed by atoms with Gasteiger partial charge in [-0.3, -0.25) is 0 Å². The third kappa shape index (κ3) is 3.61. The summed E-state index contributed by atoms with van der Waals surface area (Å²) in [5.41, 5.74) is 1.74. The Bertz CT molecular complexity index is 872. The number of hydrogen-bond acceptors (Lipinski definition) is 4. The van der Waals surface area contributed by atoms with E-state index >= 15 is 0 Å². The van der Waals surface area contributed by atoms with Crippen LogP contribution >= 0.6 is 0 Å². The second-order valence-corrected chi connectivity index (χ2v) is 8.28. The van der Waals surface area contributed by atoms with Crippen molar-refractivity contribution < 1.29 is 17.9 Å². The highest BCUT2D eigenvalue weighted by atomic mass is 32.2. The summed E-state index contributed by atoms with van der Waals surface area (Å²) in [6.07, 6.45) is 0. The molecule has 1 fully saturated rings. The van der Waals surface area contributed by atoms with Crippen molar-refractivity contribution >= 4 is 21.6 Å². The lowest BCUT2D eigenvalue weighted by Gasteiger charge is -2.38. The van der Waals surface area contributed by atoms with Crippen molar-refractivity contribution in [3.8, 4) is 5.75 Å². The number of rotatable bonds is 4. The van der Waals surface area contributed by atoms with Crippen molar-refractivity contribution in [3.05, 3.63) is 54.1 Å². The van der Waals surface area contributed by atoms with Crippen LogP contribution in [0.2, 0.25) is 0 Å². The molecule has 6 nitrogen and oxygen atoms in total. The number of urea groups is 1. The minimum absolute atomic E-state index is 0.187. The number of ether oxygens (including phenoxy) is 1. The number of amides is 2. The molecule has 2 amide bonds. The normalized spacial score (nSPS) is 14.7. The van der Waals surface area contributed by atoms with Gasteiger partial charge in [-0.05, 0) is 48.9 Å². The number of aryl methyl sites for hydroxylation is 1. The first-order valence-electron chi connectivity index (χ1n) is 7.90. The number of hydrogen-bond donors (Lipinski definition) is 1. The molecule has 0 aliphatic carbocycles. The van der Waals surface area contributed by atoms with Gasteiger partial charge < -0.3 is 15.0 Å². The van der Waals surface area contributed by atoms with E-state index in [9.17, 15) is 13.2 Å². The molecule has 0 bridgehead atoms. The molecule has 1 aliphatic heterocycles. The fourth-order valence-electron chi connectivity index (χ4n) is 2.68. The molecule has 0 radical (unpaired) electrons. The summed E-state index contributed by atoms with van der Waals surface area (Å²) in [5, 5.41) is 2.21. The Labute approximate surface area is 147 Å². The number of benzene rings is 2. The van der Waals surface area contributed by atoms with Crippen molar-refractivity contribution in [3.63, 3.8) is 0 Å². The quantitative estimate of drug-likeness (QED) is 0.910. The van der Waals surface area contributed by atoms with Crippen LogP contribution in [0.4, 0.5) is 10.5 Å². The van der Waals surface area contributed by atoms with E-state index in [1.807, 2.05) is 25.1 Å². The van der Waals surface area contributed by atoms with E-state index < -0.39 is 15.1 Å². The number of sulfone groups is 1. The maximum absolute atomic E-state index is 12.6. The Kier molecular flexibility index (Phi) is 4.67. The van der Waals surface area contributed by atoms with Crippen LogP contribution in [0.3, 0.4) is 0 Å². The maximum atomic E-state index is 12.6. The first-order chi connectivity index (χ1) is 11.9. The molecule has 0 aromatic heterocycles. The first-order valence-corrected chi connectivity index (χ1v) is 9.45. The van der Waals surface area contributed by atoms with Crippen LogP contribution in [-0.2, 0) is 9.84 Å². The Morgan fingerprint density at radius 3 is 2.44 bits per heavy atom. The lowest BCUT2D eigenvalue weighted by atomic mass is 10.2. The lowest BCUT2D eigenvalue weighted by molar-refractivity contribution is 0.182. The van der Waals surface area contributed by atoms with E-state index in [4.69, 9.17) is 4.74 Å². The van der Waals surface area contributed by atoms with Crippen LogP contribution in [0, 0.1) is 6.92 Å². The Balaban J connectivity index is 1.61. The molecule has 1 saturated heterocycles. The van der Waals surface area contributed by atoms with Gasteiger partial charge in [-0.2, -0.15) is 0 Å². The van der Waals surface area contributed by atoms with Gasteiger partial charge in [-0.25, -0.2) is 13.2 Å². The fourth-order valence-corrected chi connectivity index (χ4v) is 4.34. The molecule has 25 heavy (non-hydrogen) atoms. The monoisotopic (exact) mass is 360 g/mol. The van der Waals surface area contributed by atoms with Crippen molar-refractivity contribution in [2.75, 3.05) is 25.5 Å². The number of carbonyl (C=O) groups is 1. The second kappa shape index (κ2) is 6.76. The van der Waals surface area contributed by atoms with Crippen LogP contribution in [0.1, 0.15) is 5.56 Å². The molecule has 0 saturated carbocycles. The van der Waals surface area contributed by atoms with Gasteiger partial charge in [-0.15, -0.1) is 0 Å². The summed E-state index contributed by atoms with van der Waals surface area (Å²) in [6.45, 7) is 2.31. The van der Waals surface area contributed by atoms with Gasteiger partial charge in [0.15, 0.2) is 9.84 Å². The van der Waals surface area contributed by atoms with Gasteiger partial charge in [0.25, 0.3) is 0 Å². The van der Waals surface area contributed by atoms with Crippen LogP contribution in [-0.4, -0.2) is 44.8 Å². The van der Waals surface area contributed by atoms with Crippen molar-refractivity contribution in [1.29, 1.82) is 0 Å². The number of nitrogens with one attached hydrogen (secondary N) is 1. The Morgan fingerprint density at radius 1 is 1.16 bits per heavy atom. The maximum Gasteiger partial charge on any atom is 0.321 e. The third-order valence-electron chi connectivity index (χ3n) is 4.23. The van der Waals surface area contributed by atoms with Gasteiger partial charge >= 0.3 is 6.03 Å². The molecule has 1 heterocycles. The Morgan fingerprint density at radius 2 is 1.84 bits per heavy atom. The SMILES string of the molecule is COc1ccc(S(=O)(=O)C2CN(C(=O)Nc3cccc(C)c3)C2)cc1. The number of methoxy groups -OCH3 is 1. The molecule has 0 spiro atoms. The summed E-state index contributed by atoms with van der Waals surface area (Å²) >= 11 is 0. The number of anilines is 1. The zero-order valence-corrected chi connectivity index (χ0v) is 14.9. The third-order valence-corrected chi connectivity index (χ3v) is 6.34. The van der Waals surface area contributed by atoms with Crippen molar-refractivity contribution in [2.24, 2.45) is 0 Å². The molecule has 7 heteroatoms. The molecule has 3 rings (SSSR count). The van der Waals surface area contributed by atoms with Gasteiger partial charge in [0, 0.05) is 18.8 Å². The molecule has 132 valence electrons. The van der Waals surface area contributed by atoms with E-state index in [2.05, 4.69) is 5.32 Å². The number of likely N-dealkylation sites (tertiary alicyclic amines) is 1. The van der Waals surface area contributed by atoms with Crippen LogP contribution in [0.25, 0.3) is 0 Å². The summed E-state index contributed by atoms with van der Waals surface area (Å²) in [4.78, 5) is 13.9. The minimum Gasteiger partial charge on any atom is -0.497 e. The van der Waals surface area contributed by atoms with E-state index in [0.717, 1.165) is 5.56 Å². The standard InChI is InChI=1S/C18H20N2O4S/c1-13-4-3-5-14(10-13)19-18(21)20-11-17(12-20)25(22,23)16-8-6-15(24-2)7-9-16/h3-10,17H,11-12H2,1-2H3,(H,19,21). The molecule has 2 aromatic carbocycles. The molecule has 2 aromatic rings. The molecule has 0 unspecified atom stereocenters. The van der Waals surface area contributed by atoms with Crippen molar-refractivity contribution in [1.82, 2.24) is 4.90 Å². The lowest BCUT2D eigenvalue weighted by Crippen LogP contribution is -2.58. The average Bonchev–Trinajstić information content (AvgIpc) is 2.53. The van der Waals surface area contributed by atoms with Gasteiger partial charge in [0.1, 0.15) is 11.0 Å². The van der Waals surface area contributed by atoms with E-state index in [0.29, 0.717) is 11.4 Å². The zero-order chi connectivity index (χ0) is 18.0. The van der Waals surface area contributed by atoms with Crippen LogP contribution < -0.4 is 10.1 Å². The highest BCUT2D eigenvalue weighted by Gasteiger charge is 2.40. The van der Waals surface area contributed by atoms with Crippen molar-refractivity contribution in [2.45, 2.75) is 17.1 Å². The van der Waals surface area contributed by atoms with Gasteiger partial charge in [0.2, 0.25) is 0 Å². The molecule has 0 atom stereocenters. The van der Waals surface area contributed by atoms with Crippen LogP contribution in [0.15, 0.2) is 53.4 Å². The summed E-state index contributed by atoms with van der Waals surface area (Å²) in [5.74, 6) is 0.603. The van der Waals surface area contributed by atoms with Gasteiger partial charge in [-0.1, -0.05) is 12.1 Å². The average molecular weight is 360 g/mol. The highest BCUT2D eigenvalue weighted by Crippen LogP contribution is 2.26. The predicted octanol–water partition coefficient (Wildman–Crippen LogP) is 2.69. The van der Waals surface area contributed by atoms with Crippen LogP contribution in [0.5, 0.6) is 5.75 Å². The molecular weight excluding hydrogens is 340 g/mol.